The number of thioether (sulfide) groups is 1. The van der Waals surface area contributed by atoms with E-state index in [-0.39, 0.29) is 42.8 Å². The van der Waals surface area contributed by atoms with E-state index in [1.165, 1.54) is 0 Å². The number of halogens is 2. The van der Waals surface area contributed by atoms with E-state index in [0.717, 1.165) is 56.1 Å². The van der Waals surface area contributed by atoms with Crippen LogP contribution in [0.4, 0.5) is 0 Å². The fourth-order valence-electron chi connectivity index (χ4n) is 3.25. The van der Waals surface area contributed by atoms with E-state index >= 15 is 0 Å². The maximum Gasteiger partial charge on any atom is 0.242 e. The molecule has 2 heterocycles. The summed E-state index contributed by atoms with van der Waals surface area (Å²) in [7, 11) is 0. The molecule has 0 radical (unpaired) electrons. The molecule has 0 aromatic heterocycles. The molecule has 2 fully saturated rings. The van der Waals surface area contributed by atoms with E-state index in [1.54, 1.807) is 0 Å². The highest BCUT2D eigenvalue weighted by Gasteiger charge is 2.30. The summed E-state index contributed by atoms with van der Waals surface area (Å²) in [5, 5.41) is 6.63. The average molecular weight is 392 g/mol. The van der Waals surface area contributed by atoms with Gasteiger partial charge in [0.25, 0.3) is 0 Å². The van der Waals surface area contributed by atoms with E-state index in [4.69, 9.17) is 0 Å². The van der Waals surface area contributed by atoms with Gasteiger partial charge in [-0.1, -0.05) is 30.3 Å². The summed E-state index contributed by atoms with van der Waals surface area (Å²) >= 11 is 1.98. The van der Waals surface area contributed by atoms with Crippen molar-refractivity contribution in [1.29, 1.82) is 0 Å². The van der Waals surface area contributed by atoms with E-state index in [0.29, 0.717) is 0 Å². The quantitative estimate of drug-likeness (QED) is 0.827. The zero-order valence-electron chi connectivity index (χ0n) is 13.8. The summed E-state index contributed by atoms with van der Waals surface area (Å²) in [6.07, 6.45) is 2.22. The SMILES string of the molecule is Cl.Cl.O=C(N[C@H]1CCCNC1)C(c1ccccc1)N1CCSCC1. The van der Waals surface area contributed by atoms with Crippen molar-refractivity contribution in [2.45, 2.75) is 24.9 Å². The summed E-state index contributed by atoms with van der Waals surface area (Å²) in [4.78, 5) is 15.3. The molecule has 0 saturated carbocycles. The summed E-state index contributed by atoms with van der Waals surface area (Å²) in [6, 6.07) is 10.3. The monoisotopic (exact) mass is 391 g/mol. The molecule has 1 aromatic rings. The lowest BCUT2D eigenvalue weighted by Gasteiger charge is -2.35. The lowest BCUT2D eigenvalue weighted by atomic mass is 10.0. The fraction of sp³-hybridized carbons (Fsp3) is 0.588. The van der Waals surface area contributed by atoms with Gasteiger partial charge < -0.3 is 10.6 Å². The van der Waals surface area contributed by atoms with Crippen LogP contribution in [0.25, 0.3) is 0 Å². The first-order chi connectivity index (χ1) is 10.8. The van der Waals surface area contributed by atoms with Crippen LogP contribution < -0.4 is 10.6 Å². The minimum absolute atomic E-state index is 0. The fourth-order valence-corrected chi connectivity index (χ4v) is 4.19. The minimum Gasteiger partial charge on any atom is -0.350 e. The maximum absolute atomic E-state index is 12.9. The van der Waals surface area contributed by atoms with Gasteiger partial charge in [0.05, 0.1) is 0 Å². The number of amides is 1. The first kappa shape index (κ1) is 21.6. The molecule has 2 aliphatic rings. The van der Waals surface area contributed by atoms with Crippen LogP contribution in [0.3, 0.4) is 0 Å². The first-order valence-electron chi connectivity index (χ1n) is 8.22. The van der Waals surface area contributed by atoms with Gasteiger partial charge >= 0.3 is 0 Å². The third-order valence-corrected chi connectivity index (χ3v) is 5.36. The van der Waals surface area contributed by atoms with Gasteiger partial charge in [0.1, 0.15) is 6.04 Å². The Morgan fingerprint density at radius 3 is 2.54 bits per heavy atom. The molecule has 4 nitrogen and oxygen atoms in total. The van der Waals surface area contributed by atoms with Gasteiger partial charge in [-0.2, -0.15) is 11.8 Å². The highest BCUT2D eigenvalue weighted by Crippen LogP contribution is 2.24. The van der Waals surface area contributed by atoms with Crippen molar-refractivity contribution in [2.24, 2.45) is 0 Å². The minimum atomic E-state index is -0.149. The zero-order chi connectivity index (χ0) is 15.2. The van der Waals surface area contributed by atoms with Crippen molar-refractivity contribution < 1.29 is 4.79 Å². The molecule has 2 N–H and O–H groups in total. The van der Waals surface area contributed by atoms with Crippen molar-refractivity contribution in [3.05, 3.63) is 35.9 Å². The molecular weight excluding hydrogens is 365 g/mol. The number of hydrogen-bond donors (Lipinski definition) is 2. The standard InChI is InChI=1S/C17H25N3OS.2ClH/c21-17(19-15-7-4-8-18-13-15)16(14-5-2-1-3-6-14)20-9-11-22-12-10-20;;/h1-3,5-6,15-16,18H,4,7-13H2,(H,19,21);2*1H/t15-,16?;;/m0../s1. The molecule has 1 amide bonds. The Kier molecular flexibility index (Phi) is 10.1. The first-order valence-corrected chi connectivity index (χ1v) is 9.38. The van der Waals surface area contributed by atoms with Crippen molar-refractivity contribution in [2.75, 3.05) is 37.7 Å². The molecule has 3 rings (SSSR count). The van der Waals surface area contributed by atoms with Crippen LogP contribution in [0.1, 0.15) is 24.4 Å². The van der Waals surface area contributed by atoms with Gasteiger partial charge in [-0.05, 0) is 24.9 Å². The number of hydrogen-bond acceptors (Lipinski definition) is 4. The molecule has 2 aliphatic heterocycles. The van der Waals surface area contributed by atoms with E-state index in [9.17, 15) is 4.79 Å². The van der Waals surface area contributed by atoms with E-state index in [1.807, 2.05) is 30.0 Å². The summed E-state index contributed by atoms with van der Waals surface area (Å²) < 4.78 is 0. The Labute approximate surface area is 161 Å². The molecule has 0 aliphatic carbocycles. The van der Waals surface area contributed by atoms with Crippen LogP contribution in [0.5, 0.6) is 0 Å². The van der Waals surface area contributed by atoms with Gasteiger partial charge in [0, 0.05) is 37.2 Å². The van der Waals surface area contributed by atoms with E-state index in [2.05, 4.69) is 27.7 Å². The molecule has 1 unspecified atom stereocenters. The smallest absolute Gasteiger partial charge is 0.242 e. The molecule has 24 heavy (non-hydrogen) atoms. The van der Waals surface area contributed by atoms with Crippen molar-refractivity contribution in [1.82, 2.24) is 15.5 Å². The van der Waals surface area contributed by atoms with Gasteiger partial charge in [-0.3, -0.25) is 9.69 Å². The Balaban J connectivity index is 0.00000144. The van der Waals surface area contributed by atoms with Crippen LogP contribution >= 0.6 is 36.6 Å². The molecule has 0 spiro atoms. The molecule has 2 saturated heterocycles. The van der Waals surface area contributed by atoms with Crippen molar-refractivity contribution >= 4 is 42.5 Å². The van der Waals surface area contributed by atoms with Gasteiger partial charge in [0.2, 0.25) is 5.91 Å². The highest BCUT2D eigenvalue weighted by molar-refractivity contribution is 7.99. The molecule has 2 atom stereocenters. The third kappa shape index (κ3) is 5.81. The second-order valence-electron chi connectivity index (χ2n) is 6.01. The van der Waals surface area contributed by atoms with Gasteiger partial charge in [-0.15, -0.1) is 24.8 Å². The number of nitrogens with one attached hydrogen (secondary N) is 2. The summed E-state index contributed by atoms with van der Waals surface area (Å²) in [5.74, 6) is 2.38. The maximum atomic E-state index is 12.9. The van der Waals surface area contributed by atoms with Crippen LogP contribution in [0.2, 0.25) is 0 Å². The number of nitrogens with zero attached hydrogens (tertiary/aromatic N) is 1. The van der Waals surface area contributed by atoms with Crippen LogP contribution in [-0.4, -0.2) is 54.5 Å². The topological polar surface area (TPSA) is 44.4 Å². The second kappa shape index (κ2) is 11.2. The lowest BCUT2D eigenvalue weighted by Crippen LogP contribution is -2.50. The van der Waals surface area contributed by atoms with Crippen LogP contribution in [-0.2, 0) is 4.79 Å². The zero-order valence-corrected chi connectivity index (χ0v) is 16.2. The number of carbonyl (C=O) groups is 1. The molecule has 7 heteroatoms. The van der Waals surface area contributed by atoms with Gasteiger partial charge in [-0.25, -0.2) is 0 Å². The largest absolute Gasteiger partial charge is 0.350 e. The normalized spacial score (nSPS) is 22.6. The van der Waals surface area contributed by atoms with Gasteiger partial charge in [0.15, 0.2) is 0 Å². The lowest BCUT2D eigenvalue weighted by molar-refractivity contribution is -0.127. The number of benzene rings is 1. The number of carbonyl (C=O) groups excluding carboxylic acids is 1. The van der Waals surface area contributed by atoms with Crippen LogP contribution in [0, 0.1) is 0 Å². The molecule has 0 bridgehead atoms. The summed E-state index contributed by atoms with van der Waals surface area (Å²) in [5.41, 5.74) is 1.11. The van der Waals surface area contributed by atoms with Crippen molar-refractivity contribution in [3.8, 4) is 0 Å². The highest BCUT2D eigenvalue weighted by atomic mass is 35.5. The average Bonchev–Trinajstić information content (AvgIpc) is 2.58. The number of piperidine rings is 1. The number of rotatable bonds is 4. The molecule has 1 aromatic carbocycles. The predicted molar refractivity (Wildman–Crippen MR) is 107 cm³/mol. The Morgan fingerprint density at radius 1 is 1.21 bits per heavy atom. The van der Waals surface area contributed by atoms with Crippen LogP contribution in [0.15, 0.2) is 30.3 Å². The molecular formula is C17H27Cl2N3OS. The Morgan fingerprint density at radius 2 is 1.92 bits per heavy atom. The second-order valence-corrected chi connectivity index (χ2v) is 7.24. The molecule has 136 valence electrons. The third-order valence-electron chi connectivity index (χ3n) is 4.42. The summed E-state index contributed by atoms with van der Waals surface area (Å²) in [6.45, 7) is 3.93. The Hall–Kier alpha value is -0.460. The van der Waals surface area contributed by atoms with E-state index < -0.39 is 0 Å². The van der Waals surface area contributed by atoms with Crippen molar-refractivity contribution in [3.63, 3.8) is 0 Å². The Bertz CT molecular complexity index is 480. The predicted octanol–water partition coefficient (Wildman–Crippen LogP) is 2.49.